The highest BCUT2D eigenvalue weighted by atomic mass is 35.5. The molecule has 0 unspecified atom stereocenters. The highest BCUT2D eigenvalue weighted by Gasteiger charge is 2.31. The summed E-state index contributed by atoms with van der Waals surface area (Å²) in [6.07, 6.45) is -4.27. The molecule has 1 aromatic carbocycles. The van der Waals surface area contributed by atoms with Crippen LogP contribution in [0.15, 0.2) is 18.2 Å². The van der Waals surface area contributed by atoms with Gasteiger partial charge in [0.25, 0.3) is 0 Å². The number of alkyl halides is 3. The molecule has 6 heteroatoms. The minimum Gasteiger partial charge on any atom is -0.382 e. The van der Waals surface area contributed by atoms with Crippen molar-refractivity contribution in [1.29, 1.82) is 0 Å². The fourth-order valence-corrected chi connectivity index (χ4v) is 1.65. The Morgan fingerprint density at radius 1 is 1.31 bits per heavy atom. The summed E-state index contributed by atoms with van der Waals surface area (Å²) < 4.78 is 37.3. The van der Waals surface area contributed by atoms with Crippen molar-refractivity contribution in [3.8, 4) is 0 Å². The Morgan fingerprint density at radius 3 is 2.62 bits per heavy atom. The van der Waals surface area contributed by atoms with E-state index in [0.29, 0.717) is 12.2 Å². The lowest BCUT2D eigenvalue weighted by Crippen LogP contribution is -2.30. The van der Waals surface area contributed by atoms with Gasteiger partial charge in [-0.2, -0.15) is 13.2 Å². The first-order valence-corrected chi connectivity index (χ1v) is 4.65. The molecule has 16 heavy (non-hydrogen) atoms. The number of fused-ring (bicyclic) bond motifs is 1. The molecule has 0 atom stereocenters. The molecule has 1 aromatic rings. The average molecular weight is 253 g/mol. The van der Waals surface area contributed by atoms with Crippen molar-refractivity contribution in [1.82, 2.24) is 0 Å². The zero-order valence-electron chi connectivity index (χ0n) is 8.64. The van der Waals surface area contributed by atoms with E-state index in [1.165, 1.54) is 12.1 Å². The van der Waals surface area contributed by atoms with Crippen LogP contribution in [0.1, 0.15) is 5.56 Å². The second-order valence-corrected chi connectivity index (χ2v) is 3.58. The van der Waals surface area contributed by atoms with Crippen molar-refractivity contribution >= 4 is 23.8 Å². The van der Waals surface area contributed by atoms with E-state index in [0.717, 1.165) is 18.3 Å². The monoisotopic (exact) mass is 252 g/mol. The molecular formula is C10H12ClF3N2. The summed E-state index contributed by atoms with van der Waals surface area (Å²) in [5, 5.41) is 3.06. The standard InChI is InChI=1S/C10H11F3N2.ClH/c1-15-5-4-14-8-3-2-7(6-9(8)15)10(11,12)13;/h2-3,6,14H,4-5H2,1H3;1H. The van der Waals surface area contributed by atoms with Gasteiger partial charge in [0.1, 0.15) is 0 Å². The Hall–Kier alpha value is -1.10. The SMILES string of the molecule is CN1CCNc2ccc(C(F)(F)F)cc21.Cl. The van der Waals surface area contributed by atoms with Crippen LogP contribution in [-0.2, 0) is 6.18 Å². The van der Waals surface area contributed by atoms with Crippen LogP contribution >= 0.6 is 12.4 Å². The second-order valence-electron chi connectivity index (χ2n) is 3.58. The lowest BCUT2D eigenvalue weighted by molar-refractivity contribution is -0.137. The van der Waals surface area contributed by atoms with Gasteiger partial charge < -0.3 is 10.2 Å². The molecule has 0 radical (unpaired) electrons. The Bertz CT molecular complexity index is 379. The summed E-state index contributed by atoms with van der Waals surface area (Å²) in [6.45, 7) is 1.48. The van der Waals surface area contributed by atoms with E-state index in [4.69, 9.17) is 0 Å². The zero-order valence-corrected chi connectivity index (χ0v) is 9.45. The predicted molar refractivity (Wildman–Crippen MR) is 60.5 cm³/mol. The van der Waals surface area contributed by atoms with E-state index in [9.17, 15) is 13.2 Å². The molecule has 0 aromatic heterocycles. The van der Waals surface area contributed by atoms with Crippen molar-refractivity contribution in [3.05, 3.63) is 23.8 Å². The molecule has 0 bridgehead atoms. The quantitative estimate of drug-likeness (QED) is 0.764. The van der Waals surface area contributed by atoms with E-state index in [1.807, 2.05) is 4.90 Å². The number of hydrogen-bond acceptors (Lipinski definition) is 2. The van der Waals surface area contributed by atoms with Gasteiger partial charge in [-0.3, -0.25) is 0 Å². The van der Waals surface area contributed by atoms with Crippen LogP contribution < -0.4 is 10.2 Å². The normalized spacial score (nSPS) is 14.9. The number of nitrogens with zero attached hydrogens (tertiary/aromatic N) is 1. The summed E-state index contributed by atoms with van der Waals surface area (Å²) in [7, 11) is 1.79. The largest absolute Gasteiger partial charge is 0.416 e. The Kier molecular flexibility index (Phi) is 3.57. The lowest BCUT2D eigenvalue weighted by Gasteiger charge is -2.29. The van der Waals surface area contributed by atoms with Crippen LogP contribution in [0.2, 0.25) is 0 Å². The van der Waals surface area contributed by atoms with Crippen molar-refractivity contribution in [2.24, 2.45) is 0 Å². The van der Waals surface area contributed by atoms with Gasteiger partial charge in [-0.25, -0.2) is 0 Å². The van der Waals surface area contributed by atoms with Gasteiger partial charge in [0.05, 0.1) is 16.9 Å². The van der Waals surface area contributed by atoms with E-state index in [2.05, 4.69) is 5.32 Å². The summed E-state index contributed by atoms with van der Waals surface area (Å²) in [6, 6.07) is 3.76. The third-order valence-corrected chi connectivity index (χ3v) is 2.50. The molecule has 0 aliphatic carbocycles. The van der Waals surface area contributed by atoms with Gasteiger partial charge in [-0.05, 0) is 18.2 Å². The molecule has 0 amide bonds. The fraction of sp³-hybridized carbons (Fsp3) is 0.400. The lowest BCUT2D eigenvalue weighted by atomic mass is 10.1. The molecule has 0 saturated heterocycles. The topological polar surface area (TPSA) is 15.3 Å². The van der Waals surface area contributed by atoms with Gasteiger partial charge in [0.2, 0.25) is 0 Å². The summed E-state index contributed by atoms with van der Waals surface area (Å²) >= 11 is 0. The molecule has 1 N–H and O–H groups in total. The van der Waals surface area contributed by atoms with E-state index >= 15 is 0 Å². The van der Waals surface area contributed by atoms with Crippen LogP contribution in [0.25, 0.3) is 0 Å². The van der Waals surface area contributed by atoms with Crippen molar-refractivity contribution in [3.63, 3.8) is 0 Å². The van der Waals surface area contributed by atoms with E-state index in [1.54, 1.807) is 7.05 Å². The first-order valence-electron chi connectivity index (χ1n) is 4.65. The molecule has 1 heterocycles. The maximum atomic E-state index is 12.4. The highest BCUT2D eigenvalue weighted by Crippen LogP contribution is 2.36. The van der Waals surface area contributed by atoms with Crippen LogP contribution in [0.3, 0.4) is 0 Å². The number of hydrogen-bond donors (Lipinski definition) is 1. The smallest absolute Gasteiger partial charge is 0.382 e. The molecule has 90 valence electrons. The van der Waals surface area contributed by atoms with Crippen molar-refractivity contribution in [2.75, 3.05) is 30.4 Å². The minimum atomic E-state index is -4.27. The van der Waals surface area contributed by atoms with E-state index in [-0.39, 0.29) is 12.4 Å². The summed E-state index contributed by atoms with van der Waals surface area (Å²) in [5.41, 5.74) is 0.768. The van der Waals surface area contributed by atoms with Gasteiger partial charge in [0, 0.05) is 20.1 Å². The van der Waals surface area contributed by atoms with Gasteiger partial charge in [-0.15, -0.1) is 12.4 Å². The molecule has 1 aliphatic heterocycles. The number of nitrogens with one attached hydrogen (secondary N) is 1. The molecule has 0 saturated carbocycles. The molecule has 0 fully saturated rings. The zero-order chi connectivity index (χ0) is 11.1. The summed E-state index contributed by atoms with van der Waals surface area (Å²) in [4.78, 5) is 1.82. The van der Waals surface area contributed by atoms with E-state index < -0.39 is 11.7 Å². The molecule has 0 spiro atoms. The van der Waals surface area contributed by atoms with Gasteiger partial charge in [0.15, 0.2) is 0 Å². The predicted octanol–water partition coefficient (Wildman–Crippen LogP) is 2.99. The number of halogens is 4. The number of benzene rings is 1. The molecular weight excluding hydrogens is 241 g/mol. The third kappa shape index (κ3) is 2.35. The Morgan fingerprint density at radius 2 is 2.00 bits per heavy atom. The average Bonchev–Trinajstić information content (AvgIpc) is 2.16. The highest BCUT2D eigenvalue weighted by molar-refractivity contribution is 5.85. The van der Waals surface area contributed by atoms with Crippen molar-refractivity contribution < 1.29 is 13.2 Å². The van der Waals surface area contributed by atoms with Crippen molar-refractivity contribution in [2.45, 2.75) is 6.18 Å². The maximum absolute atomic E-state index is 12.4. The van der Waals surface area contributed by atoms with Gasteiger partial charge in [-0.1, -0.05) is 0 Å². The Labute approximate surface area is 97.8 Å². The van der Waals surface area contributed by atoms with Crippen LogP contribution in [0, 0.1) is 0 Å². The summed E-state index contributed by atoms with van der Waals surface area (Å²) in [5.74, 6) is 0. The minimum absolute atomic E-state index is 0. The number of likely N-dealkylation sites (N-methyl/N-ethyl adjacent to an activating group) is 1. The van der Waals surface area contributed by atoms with Crippen LogP contribution in [-0.4, -0.2) is 20.1 Å². The first kappa shape index (κ1) is 13.0. The molecule has 1 aliphatic rings. The fourth-order valence-electron chi connectivity index (χ4n) is 1.65. The first-order chi connectivity index (χ1) is 6.98. The number of rotatable bonds is 0. The van der Waals surface area contributed by atoms with Crippen LogP contribution in [0.4, 0.5) is 24.5 Å². The second kappa shape index (κ2) is 4.41. The Balaban J connectivity index is 0.00000128. The molecule has 2 nitrogen and oxygen atoms in total. The number of anilines is 2. The third-order valence-electron chi connectivity index (χ3n) is 2.50. The molecule has 2 rings (SSSR count). The maximum Gasteiger partial charge on any atom is 0.416 e. The van der Waals surface area contributed by atoms with Crippen LogP contribution in [0.5, 0.6) is 0 Å². The van der Waals surface area contributed by atoms with Gasteiger partial charge >= 0.3 is 6.18 Å².